The van der Waals surface area contributed by atoms with Crippen LogP contribution >= 0.6 is 0 Å². The van der Waals surface area contributed by atoms with Gasteiger partial charge in [-0.25, -0.2) is 0 Å². The predicted octanol–water partition coefficient (Wildman–Crippen LogP) is 11.8. The van der Waals surface area contributed by atoms with E-state index in [4.69, 9.17) is 0 Å². The first-order valence-electron chi connectivity index (χ1n) is 22.1. The Morgan fingerprint density at radius 3 is 1.20 bits per heavy atom. The zero-order valence-electron chi connectivity index (χ0n) is 33.7. The fraction of sp³-hybridized carbons (Fsp3) is 0.592. The van der Waals surface area contributed by atoms with Gasteiger partial charge in [0.1, 0.15) is 0 Å². The molecule has 3 aromatic rings. The maximum atomic E-state index is 11.8. The minimum atomic E-state index is -1.46. The summed E-state index contributed by atoms with van der Waals surface area (Å²) in [5, 5.41) is 19.3. The molecule has 7 rings (SSSR count). The van der Waals surface area contributed by atoms with Gasteiger partial charge in [-0.3, -0.25) is 9.59 Å². The number of rotatable bonds is 13. The fourth-order valence-electron chi connectivity index (χ4n) is 11.0. The number of anilines is 2. The van der Waals surface area contributed by atoms with Gasteiger partial charge in [0, 0.05) is 41.5 Å². The first kappa shape index (κ1) is 39.4. The quantitative estimate of drug-likeness (QED) is 0.134. The molecule has 0 heterocycles. The second-order valence-corrected chi connectivity index (χ2v) is 17.7. The van der Waals surface area contributed by atoms with Crippen LogP contribution in [0.1, 0.15) is 168 Å². The number of carbonyl (C=O) groups is 2. The van der Waals surface area contributed by atoms with Crippen molar-refractivity contribution in [3.63, 3.8) is 0 Å². The first-order chi connectivity index (χ1) is 26.8. The van der Waals surface area contributed by atoms with Crippen molar-refractivity contribution in [2.75, 3.05) is 9.80 Å². The highest BCUT2D eigenvalue weighted by Gasteiger charge is 2.33. The molecule has 4 saturated carbocycles. The number of aliphatic carboxylic acids is 2. The average molecular weight is 747 g/mol. The molecule has 0 spiro atoms. The van der Waals surface area contributed by atoms with E-state index in [-0.39, 0.29) is 12.3 Å². The average Bonchev–Trinajstić information content (AvgIpc) is 3.21. The van der Waals surface area contributed by atoms with Crippen molar-refractivity contribution < 1.29 is 19.8 Å². The second kappa shape index (κ2) is 18.4. The van der Waals surface area contributed by atoms with Crippen LogP contribution in [0, 0.1) is 19.8 Å². The van der Waals surface area contributed by atoms with Crippen LogP contribution in [0.15, 0.2) is 60.7 Å². The topological polar surface area (TPSA) is 81.1 Å². The maximum absolute atomic E-state index is 11.8. The van der Waals surface area contributed by atoms with E-state index >= 15 is 0 Å². The van der Waals surface area contributed by atoms with Crippen molar-refractivity contribution in [3.8, 4) is 0 Å². The summed E-state index contributed by atoms with van der Waals surface area (Å²) in [5.41, 5.74) is 9.85. The third-order valence-corrected chi connectivity index (χ3v) is 14.0. The highest BCUT2D eigenvalue weighted by Crippen LogP contribution is 2.43. The molecule has 3 aromatic carbocycles. The van der Waals surface area contributed by atoms with Gasteiger partial charge in [0.2, 0.25) is 0 Å². The van der Waals surface area contributed by atoms with Crippen LogP contribution in [0.5, 0.6) is 0 Å². The Labute approximate surface area is 330 Å². The number of benzene rings is 3. The van der Waals surface area contributed by atoms with E-state index in [0.717, 1.165) is 11.1 Å². The van der Waals surface area contributed by atoms with Gasteiger partial charge in [-0.1, -0.05) is 113 Å². The third-order valence-electron chi connectivity index (χ3n) is 14.0. The van der Waals surface area contributed by atoms with E-state index in [1.807, 2.05) is 12.1 Å². The Bertz CT molecular complexity index is 1590. The van der Waals surface area contributed by atoms with Crippen LogP contribution in [-0.2, 0) is 16.0 Å². The standard InChI is InChI=1S/C49H66N2O4/c1-34-23-29-42(50(38-15-7-3-8-16-38)39-17-9-4-10-18-39)32-44(34)47(37-27-25-36(26-28-37)31-46(48(52)53)49(54)55)45-33-43(30-24-35(45)2)51(40-19-11-5-12-20-40)41-21-13-6-14-22-41/h23-30,32-33,38-41,46-47H,3-22,31H2,1-2H3,(H,52,53)(H,54,55). The number of nitrogens with zero attached hydrogens (tertiary/aromatic N) is 2. The van der Waals surface area contributed by atoms with Gasteiger partial charge in [0.25, 0.3) is 0 Å². The SMILES string of the molecule is Cc1ccc(N(C2CCCCC2)C2CCCCC2)cc1C(c1ccc(CC(C(=O)O)C(=O)O)cc1)c1cc(N(C2CCCCC2)C2CCCCC2)ccc1C. The molecular formula is C49H66N2O4. The number of carboxylic acid groups (broad SMARTS) is 2. The van der Waals surface area contributed by atoms with Crippen LogP contribution in [0.2, 0.25) is 0 Å². The van der Waals surface area contributed by atoms with Crippen molar-refractivity contribution in [2.45, 2.75) is 179 Å². The summed E-state index contributed by atoms with van der Waals surface area (Å²) in [6, 6.07) is 25.2. The Kier molecular flexibility index (Phi) is 13.2. The van der Waals surface area contributed by atoms with Gasteiger partial charge in [0.05, 0.1) is 0 Å². The lowest BCUT2D eigenvalue weighted by Crippen LogP contribution is -2.45. The Morgan fingerprint density at radius 1 is 0.527 bits per heavy atom. The molecule has 0 bridgehead atoms. The van der Waals surface area contributed by atoms with E-state index in [2.05, 4.69) is 72.2 Å². The minimum Gasteiger partial charge on any atom is -0.481 e. The fourth-order valence-corrected chi connectivity index (χ4v) is 11.0. The van der Waals surface area contributed by atoms with Crippen molar-refractivity contribution >= 4 is 23.3 Å². The molecule has 2 N–H and O–H groups in total. The summed E-state index contributed by atoms with van der Waals surface area (Å²) < 4.78 is 0. The smallest absolute Gasteiger partial charge is 0.318 e. The lowest BCUT2D eigenvalue weighted by atomic mass is 9.79. The summed E-state index contributed by atoms with van der Waals surface area (Å²) in [6.45, 7) is 4.54. The van der Waals surface area contributed by atoms with Gasteiger partial charge in [-0.15, -0.1) is 0 Å². The molecule has 4 fully saturated rings. The highest BCUT2D eigenvalue weighted by atomic mass is 16.4. The third kappa shape index (κ3) is 9.26. The van der Waals surface area contributed by atoms with E-state index in [0.29, 0.717) is 24.2 Å². The van der Waals surface area contributed by atoms with Gasteiger partial charge >= 0.3 is 11.9 Å². The molecule has 0 saturated heterocycles. The molecular weight excluding hydrogens is 681 g/mol. The number of aryl methyl sites for hydroxylation is 2. The molecule has 0 atom stereocenters. The molecule has 6 heteroatoms. The molecule has 4 aliphatic carbocycles. The van der Waals surface area contributed by atoms with Crippen LogP contribution < -0.4 is 9.80 Å². The molecule has 0 unspecified atom stereocenters. The maximum Gasteiger partial charge on any atom is 0.318 e. The predicted molar refractivity (Wildman–Crippen MR) is 225 cm³/mol. The van der Waals surface area contributed by atoms with Crippen molar-refractivity contribution in [1.82, 2.24) is 0 Å². The minimum absolute atomic E-state index is 0.0252. The molecule has 55 heavy (non-hydrogen) atoms. The monoisotopic (exact) mass is 747 g/mol. The Morgan fingerprint density at radius 2 is 0.873 bits per heavy atom. The molecule has 0 amide bonds. The molecule has 296 valence electrons. The number of hydrogen-bond donors (Lipinski definition) is 2. The Hall–Kier alpha value is -3.80. The molecule has 4 aliphatic rings. The van der Waals surface area contributed by atoms with Gasteiger partial charge in [-0.05, 0) is 129 Å². The summed E-state index contributed by atoms with van der Waals surface area (Å²) >= 11 is 0. The van der Waals surface area contributed by atoms with E-state index in [1.165, 1.54) is 162 Å². The molecule has 0 radical (unpaired) electrons. The van der Waals surface area contributed by atoms with E-state index in [9.17, 15) is 19.8 Å². The van der Waals surface area contributed by atoms with Crippen LogP contribution in [-0.4, -0.2) is 46.3 Å². The van der Waals surface area contributed by atoms with E-state index in [1.54, 1.807) is 0 Å². The van der Waals surface area contributed by atoms with Crippen molar-refractivity contribution in [1.29, 1.82) is 0 Å². The number of carboxylic acids is 2. The van der Waals surface area contributed by atoms with Crippen molar-refractivity contribution in [3.05, 3.63) is 94.0 Å². The van der Waals surface area contributed by atoms with Gasteiger partial charge in [-0.2, -0.15) is 0 Å². The zero-order valence-corrected chi connectivity index (χ0v) is 33.7. The summed E-state index contributed by atoms with van der Waals surface area (Å²) in [5.74, 6) is -4.08. The van der Waals surface area contributed by atoms with Crippen LogP contribution in [0.25, 0.3) is 0 Å². The molecule has 0 aliphatic heterocycles. The lowest BCUT2D eigenvalue weighted by molar-refractivity contribution is -0.154. The van der Waals surface area contributed by atoms with Gasteiger partial charge < -0.3 is 20.0 Å². The second-order valence-electron chi connectivity index (χ2n) is 17.7. The largest absolute Gasteiger partial charge is 0.481 e. The zero-order chi connectivity index (χ0) is 38.3. The Balaban J connectivity index is 1.34. The summed E-state index contributed by atoms with van der Waals surface area (Å²) in [7, 11) is 0. The highest BCUT2D eigenvalue weighted by molar-refractivity contribution is 5.93. The summed E-state index contributed by atoms with van der Waals surface area (Å²) in [6.07, 6.45) is 26.1. The van der Waals surface area contributed by atoms with Crippen molar-refractivity contribution in [2.24, 2.45) is 5.92 Å². The van der Waals surface area contributed by atoms with E-state index < -0.39 is 17.9 Å². The lowest BCUT2D eigenvalue weighted by Gasteiger charge is -2.44. The molecule has 6 nitrogen and oxygen atoms in total. The number of hydrogen-bond acceptors (Lipinski definition) is 4. The normalized spacial score (nSPS) is 19.5. The first-order valence-corrected chi connectivity index (χ1v) is 22.1. The van der Waals surface area contributed by atoms with Crippen LogP contribution in [0.3, 0.4) is 0 Å². The van der Waals surface area contributed by atoms with Crippen LogP contribution in [0.4, 0.5) is 11.4 Å². The summed E-state index contributed by atoms with van der Waals surface area (Å²) in [4.78, 5) is 29.3. The molecule has 0 aromatic heterocycles. The van der Waals surface area contributed by atoms with Gasteiger partial charge in [0.15, 0.2) is 5.92 Å².